The van der Waals surface area contributed by atoms with E-state index in [1.165, 1.54) is 16.8 Å². The zero-order chi connectivity index (χ0) is 20.8. The predicted molar refractivity (Wildman–Crippen MR) is 121 cm³/mol. The van der Waals surface area contributed by atoms with Crippen molar-refractivity contribution in [2.24, 2.45) is 0 Å². The number of aryl methyl sites for hydroxylation is 1. The van der Waals surface area contributed by atoms with Crippen LogP contribution in [-0.2, 0) is 0 Å². The number of halogens is 1. The number of piperazine rings is 1. The fourth-order valence-corrected chi connectivity index (χ4v) is 4.04. The van der Waals surface area contributed by atoms with Crippen LogP contribution >= 0.6 is 11.6 Å². The molecule has 0 spiro atoms. The second-order valence-corrected chi connectivity index (χ2v) is 8.47. The minimum absolute atomic E-state index is 0.320. The standard InChI is InChI=1S/C24H33ClN2O2/c1-4-18(2)22-7-5-6-8-24(22)29-17-21(28)16-26-11-13-27(14-12-26)23-15-20(25)10-9-19(23)3/h5-10,15,18,21,28H,4,11-14,16-17H2,1-3H3/t18-,21+/m0/s1. The third-order valence-corrected chi connectivity index (χ3v) is 6.08. The van der Waals surface area contributed by atoms with Crippen molar-refractivity contribution in [3.05, 3.63) is 58.6 Å². The molecule has 2 atom stereocenters. The zero-order valence-corrected chi connectivity index (χ0v) is 18.5. The number of hydrogen-bond acceptors (Lipinski definition) is 4. The fraction of sp³-hybridized carbons (Fsp3) is 0.500. The molecule has 0 aromatic heterocycles. The highest BCUT2D eigenvalue weighted by molar-refractivity contribution is 6.30. The number of rotatable bonds is 8. The van der Waals surface area contributed by atoms with Gasteiger partial charge in [0.2, 0.25) is 0 Å². The Morgan fingerprint density at radius 1 is 1.10 bits per heavy atom. The molecular weight excluding hydrogens is 384 g/mol. The van der Waals surface area contributed by atoms with E-state index in [-0.39, 0.29) is 0 Å². The van der Waals surface area contributed by atoms with Gasteiger partial charge < -0.3 is 14.7 Å². The number of aliphatic hydroxyl groups excluding tert-OH is 1. The molecule has 29 heavy (non-hydrogen) atoms. The molecule has 1 fully saturated rings. The monoisotopic (exact) mass is 416 g/mol. The van der Waals surface area contributed by atoms with Crippen LogP contribution in [0.3, 0.4) is 0 Å². The van der Waals surface area contributed by atoms with Gasteiger partial charge in [0.1, 0.15) is 18.5 Å². The largest absolute Gasteiger partial charge is 0.491 e. The summed E-state index contributed by atoms with van der Waals surface area (Å²) in [6, 6.07) is 14.2. The molecule has 4 nitrogen and oxygen atoms in total. The third kappa shape index (κ3) is 5.88. The van der Waals surface area contributed by atoms with Gasteiger partial charge in [0.25, 0.3) is 0 Å². The topological polar surface area (TPSA) is 35.9 Å². The summed E-state index contributed by atoms with van der Waals surface area (Å²) in [5.41, 5.74) is 3.67. The number of nitrogens with zero attached hydrogens (tertiary/aromatic N) is 2. The zero-order valence-electron chi connectivity index (χ0n) is 17.8. The van der Waals surface area contributed by atoms with Crippen LogP contribution < -0.4 is 9.64 Å². The lowest BCUT2D eigenvalue weighted by atomic mass is 9.98. The van der Waals surface area contributed by atoms with Gasteiger partial charge in [0.05, 0.1) is 0 Å². The first-order valence-corrected chi connectivity index (χ1v) is 11.0. The molecule has 0 unspecified atom stereocenters. The molecule has 0 saturated carbocycles. The van der Waals surface area contributed by atoms with Crippen molar-refractivity contribution in [3.63, 3.8) is 0 Å². The maximum absolute atomic E-state index is 10.5. The second kappa shape index (κ2) is 10.3. The lowest BCUT2D eigenvalue weighted by Gasteiger charge is -2.37. The quantitative estimate of drug-likeness (QED) is 0.675. The molecule has 5 heteroatoms. The van der Waals surface area contributed by atoms with Gasteiger partial charge in [-0.05, 0) is 48.6 Å². The van der Waals surface area contributed by atoms with E-state index in [4.69, 9.17) is 16.3 Å². The molecule has 2 aromatic carbocycles. The van der Waals surface area contributed by atoms with E-state index in [0.717, 1.165) is 43.4 Å². The Labute approximate surface area is 180 Å². The van der Waals surface area contributed by atoms with Gasteiger partial charge >= 0.3 is 0 Å². The second-order valence-electron chi connectivity index (χ2n) is 8.03. The Morgan fingerprint density at radius 2 is 1.83 bits per heavy atom. The SMILES string of the molecule is CC[C@H](C)c1ccccc1OC[C@H](O)CN1CCN(c2cc(Cl)ccc2C)CC1. The van der Waals surface area contributed by atoms with Crippen molar-refractivity contribution in [2.45, 2.75) is 39.2 Å². The Morgan fingerprint density at radius 3 is 2.55 bits per heavy atom. The summed E-state index contributed by atoms with van der Waals surface area (Å²) >= 11 is 6.17. The van der Waals surface area contributed by atoms with E-state index >= 15 is 0 Å². The van der Waals surface area contributed by atoms with E-state index in [1.54, 1.807) is 0 Å². The minimum Gasteiger partial charge on any atom is -0.491 e. The molecule has 1 aliphatic rings. The van der Waals surface area contributed by atoms with E-state index in [1.807, 2.05) is 30.3 Å². The van der Waals surface area contributed by atoms with Crippen LogP contribution in [0.4, 0.5) is 5.69 Å². The Bertz CT molecular complexity index is 790. The van der Waals surface area contributed by atoms with Crippen LogP contribution in [0.1, 0.15) is 37.3 Å². The van der Waals surface area contributed by atoms with Crippen molar-refractivity contribution in [2.75, 3.05) is 44.2 Å². The van der Waals surface area contributed by atoms with Crippen LogP contribution in [0.15, 0.2) is 42.5 Å². The summed E-state index contributed by atoms with van der Waals surface area (Å²) in [6.45, 7) is 11.2. The highest BCUT2D eigenvalue weighted by Crippen LogP contribution is 2.28. The van der Waals surface area contributed by atoms with Crippen LogP contribution in [0.5, 0.6) is 5.75 Å². The van der Waals surface area contributed by atoms with Crippen molar-refractivity contribution < 1.29 is 9.84 Å². The molecule has 0 amide bonds. The Balaban J connectivity index is 1.48. The van der Waals surface area contributed by atoms with Crippen molar-refractivity contribution >= 4 is 17.3 Å². The summed E-state index contributed by atoms with van der Waals surface area (Å²) in [5.74, 6) is 1.34. The predicted octanol–water partition coefficient (Wildman–Crippen LogP) is 4.72. The number of anilines is 1. The molecule has 0 radical (unpaired) electrons. The highest BCUT2D eigenvalue weighted by atomic mass is 35.5. The lowest BCUT2D eigenvalue weighted by Crippen LogP contribution is -2.49. The molecule has 1 aliphatic heterocycles. The van der Waals surface area contributed by atoms with Gasteiger partial charge in [-0.3, -0.25) is 4.90 Å². The summed E-state index contributed by atoms with van der Waals surface area (Å²) in [5, 5.41) is 11.3. The fourth-order valence-electron chi connectivity index (χ4n) is 3.87. The van der Waals surface area contributed by atoms with Gasteiger partial charge in [-0.15, -0.1) is 0 Å². The smallest absolute Gasteiger partial charge is 0.122 e. The van der Waals surface area contributed by atoms with Crippen molar-refractivity contribution in [3.8, 4) is 5.75 Å². The molecule has 0 bridgehead atoms. The first-order valence-electron chi connectivity index (χ1n) is 10.6. The molecule has 2 aromatic rings. The average Bonchev–Trinajstić information content (AvgIpc) is 2.74. The van der Waals surface area contributed by atoms with Gasteiger partial charge in [0.15, 0.2) is 0 Å². The van der Waals surface area contributed by atoms with Gasteiger partial charge in [0, 0.05) is 43.4 Å². The number of benzene rings is 2. The van der Waals surface area contributed by atoms with E-state index in [0.29, 0.717) is 19.1 Å². The van der Waals surface area contributed by atoms with Crippen LogP contribution in [0, 0.1) is 6.92 Å². The molecule has 3 rings (SSSR count). The lowest BCUT2D eigenvalue weighted by molar-refractivity contribution is 0.0658. The molecule has 158 valence electrons. The third-order valence-electron chi connectivity index (χ3n) is 5.85. The maximum Gasteiger partial charge on any atom is 0.122 e. The molecular formula is C24H33ClN2O2. The summed E-state index contributed by atoms with van der Waals surface area (Å²) in [4.78, 5) is 4.69. The van der Waals surface area contributed by atoms with E-state index < -0.39 is 6.10 Å². The average molecular weight is 417 g/mol. The van der Waals surface area contributed by atoms with Crippen LogP contribution in [0.2, 0.25) is 5.02 Å². The Kier molecular flexibility index (Phi) is 7.82. The molecule has 0 aliphatic carbocycles. The number of ether oxygens (including phenoxy) is 1. The van der Waals surface area contributed by atoms with Crippen molar-refractivity contribution in [1.82, 2.24) is 4.90 Å². The number of aliphatic hydroxyl groups is 1. The molecule has 1 heterocycles. The maximum atomic E-state index is 10.5. The van der Waals surface area contributed by atoms with E-state index in [2.05, 4.69) is 42.7 Å². The van der Waals surface area contributed by atoms with Crippen LogP contribution in [-0.4, -0.2) is 55.4 Å². The van der Waals surface area contributed by atoms with Crippen LogP contribution in [0.25, 0.3) is 0 Å². The molecule has 1 N–H and O–H groups in total. The molecule has 1 saturated heterocycles. The normalized spacial score (nSPS) is 17.2. The number of β-amino-alcohol motifs (C(OH)–C–C–N with tert-alkyl or cyclic N) is 1. The van der Waals surface area contributed by atoms with Gasteiger partial charge in [-0.1, -0.05) is 49.7 Å². The first kappa shape index (κ1) is 21.9. The summed E-state index contributed by atoms with van der Waals surface area (Å²) in [7, 11) is 0. The first-order chi connectivity index (χ1) is 14.0. The number of hydrogen-bond donors (Lipinski definition) is 1. The van der Waals surface area contributed by atoms with Gasteiger partial charge in [-0.25, -0.2) is 0 Å². The van der Waals surface area contributed by atoms with Crippen molar-refractivity contribution in [1.29, 1.82) is 0 Å². The number of para-hydroxylation sites is 1. The minimum atomic E-state index is -0.501. The summed E-state index contributed by atoms with van der Waals surface area (Å²) < 4.78 is 5.98. The summed E-state index contributed by atoms with van der Waals surface area (Å²) in [6.07, 6.45) is 0.568. The van der Waals surface area contributed by atoms with Gasteiger partial charge in [-0.2, -0.15) is 0 Å². The van der Waals surface area contributed by atoms with E-state index in [9.17, 15) is 5.11 Å². The highest BCUT2D eigenvalue weighted by Gasteiger charge is 2.21. The Hall–Kier alpha value is -1.75.